The van der Waals surface area contributed by atoms with E-state index in [0.717, 1.165) is 5.56 Å². The molecule has 0 aliphatic rings. The maximum absolute atomic E-state index is 11.7. The van der Waals surface area contributed by atoms with Crippen LogP contribution in [-0.2, 0) is 20.9 Å². The van der Waals surface area contributed by atoms with Crippen LogP contribution in [0.1, 0.15) is 12.0 Å². The van der Waals surface area contributed by atoms with E-state index in [1.807, 2.05) is 30.3 Å². The Bertz CT molecular complexity index is 482. The summed E-state index contributed by atoms with van der Waals surface area (Å²) in [5, 5.41) is 11.8. The van der Waals surface area contributed by atoms with E-state index in [1.54, 1.807) is 19.0 Å². The maximum Gasteiger partial charge on any atom is 0.330 e. The normalized spacial score (nSPS) is 13.6. The molecule has 0 heterocycles. The summed E-state index contributed by atoms with van der Waals surface area (Å²) in [5.74, 6) is -1.15. The third-order valence-electron chi connectivity index (χ3n) is 2.98. The zero-order valence-electron chi connectivity index (χ0n) is 12.7. The monoisotopic (exact) mass is 326 g/mol. The summed E-state index contributed by atoms with van der Waals surface area (Å²) >= 11 is 3.97. The van der Waals surface area contributed by atoms with Gasteiger partial charge in [0.25, 0.3) is 0 Å². The van der Waals surface area contributed by atoms with Gasteiger partial charge in [-0.1, -0.05) is 30.3 Å². The van der Waals surface area contributed by atoms with Crippen LogP contribution in [0.15, 0.2) is 30.3 Å². The number of amides is 1. The summed E-state index contributed by atoms with van der Waals surface area (Å²) in [6.45, 7) is 0.260. The average molecular weight is 326 g/mol. The molecule has 0 saturated heterocycles. The molecule has 2 atom stereocenters. The Hall–Kier alpha value is -1.57. The Labute approximate surface area is 135 Å². The van der Waals surface area contributed by atoms with Crippen LogP contribution >= 0.6 is 12.6 Å². The van der Waals surface area contributed by atoms with Gasteiger partial charge in [0.05, 0.1) is 6.61 Å². The molecule has 0 aliphatic heterocycles. The quantitative estimate of drug-likeness (QED) is 0.466. The number of carbonyl (C=O) groups is 2. The number of rotatable bonds is 9. The van der Waals surface area contributed by atoms with Crippen LogP contribution in [-0.4, -0.2) is 54.0 Å². The van der Waals surface area contributed by atoms with Crippen LogP contribution < -0.4 is 5.32 Å². The molecule has 2 N–H and O–H groups in total. The largest absolute Gasteiger partial charge is 0.480 e. The summed E-state index contributed by atoms with van der Waals surface area (Å²) in [6, 6.07) is 8.29. The van der Waals surface area contributed by atoms with E-state index in [-0.39, 0.29) is 18.9 Å². The van der Waals surface area contributed by atoms with Gasteiger partial charge >= 0.3 is 5.97 Å². The Kier molecular flexibility index (Phi) is 7.94. The van der Waals surface area contributed by atoms with E-state index >= 15 is 0 Å². The van der Waals surface area contributed by atoms with Gasteiger partial charge in [-0.05, 0) is 25.4 Å². The number of hydrogen-bond donors (Lipinski definition) is 3. The van der Waals surface area contributed by atoms with Gasteiger partial charge in [0.2, 0.25) is 5.91 Å². The number of thiol groups is 1. The minimum absolute atomic E-state index is 0.158. The molecule has 0 fully saturated rings. The maximum atomic E-state index is 11.7. The van der Waals surface area contributed by atoms with Crippen molar-refractivity contribution in [2.24, 2.45) is 0 Å². The average Bonchev–Trinajstić information content (AvgIpc) is 2.47. The Morgan fingerprint density at radius 2 is 1.95 bits per heavy atom. The van der Waals surface area contributed by atoms with Gasteiger partial charge in [-0.25, -0.2) is 4.79 Å². The number of benzene rings is 1. The molecule has 122 valence electrons. The second kappa shape index (κ2) is 9.45. The molecular weight excluding hydrogens is 304 g/mol. The number of carboxylic acid groups (broad SMARTS) is 1. The third kappa shape index (κ3) is 6.05. The van der Waals surface area contributed by atoms with Gasteiger partial charge in [-0.3, -0.25) is 9.69 Å². The first-order valence-corrected chi connectivity index (χ1v) is 7.54. The molecule has 22 heavy (non-hydrogen) atoms. The Morgan fingerprint density at radius 3 is 2.45 bits per heavy atom. The summed E-state index contributed by atoms with van der Waals surface area (Å²) in [7, 11) is 3.41. The number of ether oxygens (including phenoxy) is 1. The molecule has 1 aromatic carbocycles. The van der Waals surface area contributed by atoms with Crippen molar-refractivity contribution in [1.29, 1.82) is 0 Å². The third-order valence-corrected chi connectivity index (χ3v) is 3.20. The van der Waals surface area contributed by atoms with Gasteiger partial charge in [-0.2, -0.15) is 12.6 Å². The zero-order valence-corrected chi connectivity index (χ0v) is 13.6. The van der Waals surface area contributed by atoms with Crippen molar-refractivity contribution in [3.8, 4) is 0 Å². The lowest BCUT2D eigenvalue weighted by atomic mass is 10.2. The van der Waals surface area contributed by atoms with Crippen molar-refractivity contribution >= 4 is 24.5 Å². The lowest BCUT2D eigenvalue weighted by molar-refractivity contribution is -0.153. The summed E-state index contributed by atoms with van der Waals surface area (Å²) in [4.78, 5) is 24.7. The topological polar surface area (TPSA) is 78.9 Å². The van der Waals surface area contributed by atoms with Crippen LogP contribution in [0, 0.1) is 0 Å². The Balaban J connectivity index is 2.76. The van der Waals surface area contributed by atoms with Crippen molar-refractivity contribution in [3.05, 3.63) is 35.9 Å². The van der Waals surface area contributed by atoms with Crippen LogP contribution in [0.5, 0.6) is 0 Å². The minimum atomic E-state index is -1.15. The highest BCUT2D eigenvalue weighted by Crippen LogP contribution is 2.09. The van der Waals surface area contributed by atoms with Gasteiger partial charge in [0.15, 0.2) is 6.04 Å². The lowest BCUT2D eigenvalue weighted by Crippen LogP contribution is -2.55. The standard InChI is InChI=1S/C15H22N2O4S/c1-17(2)14(21-10-11-6-4-3-5-7-11)13(15(19)20)16-12(18)8-9-22/h3-7,13-14,22H,8-10H2,1-2H3,(H,16,18)(H,19,20). The predicted molar refractivity (Wildman–Crippen MR) is 86.7 cm³/mol. The number of nitrogens with one attached hydrogen (secondary N) is 1. The van der Waals surface area contributed by atoms with Crippen LogP contribution in [0.25, 0.3) is 0 Å². The number of likely N-dealkylation sites (N-methyl/N-ethyl adjacent to an activating group) is 1. The van der Waals surface area contributed by atoms with E-state index in [0.29, 0.717) is 5.75 Å². The molecule has 0 spiro atoms. The first kappa shape index (κ1) is 18.5. The number of aliphatic carboxylic acids is 1. The van der Waals surface area contributed by atoms with Crippen LogP contribution in [0.4, 0.5) is 0 Å². The highest BCUT2D eigenvalue weighted by atomic mass is 32.1. The second-order valence-corrected chi connectivity index (χ2v) is 5.46. The van der Waals surface area contributed by atoms with Crippen molar-refractivity contribution in [3.63, 3.8) is 0 Å². The van der Waals surface area contributed by atoms with Gasteiger partial charge in [-0.15, -0.1) is 0 Å². The number of carboxylic acids is 1. The Morgan fingerprint density at radius 1 is 1.32 bits per heavy atom. The minimum Gasteiger partial charge on any atom is -0.480 e. The molecule has 0 saturated carbocycles. The molecule has 0 radical (unpaired) electrons. The molecule has 2 unspecified atom stereocenters. The van der Waals surface area contributed by atoms with Crippen LogP contribution in [0.3, 0.4) is 0 Å². The van der Waals surface area contributed by atoms with Gasteiger partial charge in [0, 0.05) is 6.42 Å². The smallest absolute Gasteiger partial charge is 0.330 e. The van der Waals surface area contributed by atoms with Crippen molar-refractivity contribution in [1.82, 2.24) is 10.2 Å². The fourth-order valence-corrected chi connectivity index (χ4v) is 2.10. The van der Waals surface area contributed by atoms with E-state index in [2.05, 4.69) is 17.9 Å². The van der Waals surface area contributed by atoms with Crippen molar-refractivity contribution in [2.45, 2.75) is 25.3 Å². The molecule has 0 aliphatic carbocycles. The van der Waals surface area contributed by atoms with E-state index < -0.39 is 18.2 Å². The van der Waals surface area contributed by atoms with E-state index in [1.165, 1.54) is 0 Å². The number of carbonyl (C=O) groups excluding carboxylic acids is 1. The summed E-state index contributed by atoms with van der Waals surface area (Å²) in [6.07, 6.45) is -0.618. The molecule has 0 aromatic heterocycles. The molecule has 6 nitrogen and oxygen atoms in total. The molecular formula is C15H22N2O4S. The molecule has 7 heteroatoms. The number of hydrogen-bond acceptors (Lipinski definition) is 5. The lowest BCUT2D eigenvalue weighted by Gasteiger charge is -2.30. The first-order chi connectivity index (χ1) is 10.5. The van der Waals surface area contributed by atoms with Gasteiger partial charge in [0.1, 0.15) is 6.23 Å². The summed E-state index contributed by atoms with van der Waals surface area (Å²) < 4.78 is 5.70. The molecule has 1 rings (SSSR count). The highest BCUT2D eigenvalue weighted by Gasteiger charge is 2.32. The molecule has 0 bridgehead atoms. The second-order valence-electron chi connectivity index (χ2n) is 5.01. The van der Waals surface area contributed by atoms with E-state index in [4.69, 9.17) is 4.74 Å². The fourth-order valence-electron chi connectivity index (χ4n) is 1.90. The van der Waals surface area contributed by atoms with E-state index in [9.17, 15) is 14.7 Å². The van der Waals surface area contributed by atoms with Crippen LogP contribution in [0.2, 0.25) is 0 Å². The SMILES string of the molecule is CN(C)C(OCc1ccccc1)C(NC(=O)CCS)C(=O)O. The fraction of sp³-hybridized carbons (Fsp3) is 0.467. The molecule has 1 amide bonds. The predicted octanol–water partition coefficient (Wildman–Crippen LogP) is 0.980. The zero-order chi connectivity index (χ0) is 16.5. The highest BCUT2D eigenvalue weighted by molar-refractivity contribution is 7.80. The van der Waals surface area contributed by atoms with Crippen molar-refractivity contribution in [2.75, 3.05) is 19.8 Å². The summed E-state index contributed by atoms with van der Waals surface area (Å²) in [5.41, 5.74) is 0.931. The van der Waals surface area contributed by atoms with Crippen molar-refractivity contribution < 1.29 is 19.4 Å². The molecule has 1 aromatic rings. The first-order valence-electron chi connectivity index (χ1n) is 6.90. The van der Waals surface area contributed by atoms with Gasteiger partial charge < -0.3 is 15.2 Å². The number of nitrogens with zero attached hydrogens (tertiary/aromatic N) is 1.